The summed E-state index contributed by atoms with van der Waals surface area (Å²) in [6.07, 6.45) is -0.335. The fraction of sp³-hybridized carbons (Fsp3) is 0.533. The van der Waals surface area contributed by atoms with Crippen molar-refractivity contribution in [3.05, 3.63) is 35.9 Å². The number of halogens is 2. The minimum Gasteiger partial charge on any atom is -0.456 e. The fourth-order valence-electron chi connectivity index (χ4n) is 2.29. The van der Waals surface area contributed by atoms with Crippen molar-refractivity contribution in [3.8, 4) is 0 Å². The summed E-state index contributed by atoms with van der Waals surface area (Å²) in [6, 6.07) is 10.1. The zero-order chi connectivity index (χ0) is 14.6. The van der Waals surface area contributed by atoms with Crippen LogP contribution in [0.3, 0.4) is 0 Å². The maximum Gasteiger partial charge on any atom is 0.377 e. The van der Waals surface area contributed by atoms with E-state index < -0.39 is 24.4 Å². The number of hydrogen-bond acceptors (Lipinski definition) is 3. The maximum absolute atomic E-state index is 12.9. The minimum atomic E-state index is -3.32. The van der Waals surface area contributed by atoms with Gasteiger partial charge in [0.05, 0.1) is 6.42 Å². The third-order valence-electron chi connectivity index (χ3n) is 3.55. The van der Waals surface area contributed by atoms with Gasteiger partial charge in [0.25, 0.3) is 0 Å². The Bertz CT molecular complexity index is 450. The van der Waals surface area contributed by atoms with Gasteiger partial charge in [-0.05, 0) is 24.4 Å². The minimum absolute atomic E-state index is 0.281. The van der Waals surface area contributed by atoms with Gasteiger partial charge in [-0.2, -0.15) is 8.78 Å². The van der Waals surface area contributed by atoms with Gasteiger partial charge in [0.15, 0.2) is 0 Å². The number of hydrogen-bond donors (Lipinski definition) is 1. The van der Waals surface area contributed by atoms with E-state index in [1.807, 2.05) is 18.2 Å². The Morgan fingerprint density at radius 1 is 1.40 bits per heavy atom. The molecule has 1 heterocycles. The van der Waals surface area contributed by atoms with E-state index >= 15 is 0 Å². The number of cyclic esters (lactones) is 1. The molecule has 1 aromatic rings. The molecule has 0 aromatic heterocycles. The first-order valence-electron chi connectivity index (χ1n) is 6.83. The second-order valence-electron chi connectivity index (χ2n) is 5.24. The number of esters is 1. The van der Waals surface area contributed by atoms with Gasteiger partial charge in [0.1, 0.15) is 6.10 Å². The molecule has 5 heteroatoms. The third-order valence-corrected chi connectivity index (χ3v) is 3.55. The molecule has 0 bridgehead atoms. The quantitative estimate of drug-likeness (QED) is 0.644. The second-order valence-corrected chi connectivity index (χ2v) is 5.24. The van der Waals surface area contributed by atoms with Gasteiger partial charge in [-0.15, -0.1) is 0 Å². The van der Waals surface area contributed by atoms with Crippen molar-refractivity contribution in [1.29, 1.82) is 0 Å². The van der Waals surface area contributed by atoms with Crippen molar-refractivity contribution in [2.75, 3.05) is 13.1 Å². The molecule has 1 aliphatic rings. The molecule has 110 valence electrons. The Morgan fingerprint density at radius 2 is 2.10 bits per heavy atom. The highest BCUT2D eigenvalue weighted by Crippen LogP contribution is 2.30. The Labute approximate surface area is 117 Å². The Balaban J connectivity index is 1.66. The van der Waals surface area contributed by atoms with Gasteiger partial charge in [0, 0.05) is 6.54 Å². The van der Waals surface area contributed by atoms with Gasteiger partial charge >= 0.3 is 11.9 Å². The van der Waals surface area contributed by atoms with Crippen molar-refractivity contribution in [2.45, 2.75) is 37.7 Å². The highest BCUT2D eigenvalue weighted by Gasteiger charge is 2.50. The average Bonchev–Trinajstić information content (AvgIpc) is 2.69. The molecule has 0 amide bonds. The highest BCUT2D eigenvalue weighted by molar-refractivity contribution is 5.79. The van der Waals surface area contributed by atoms with Crippen LogP contribution < -0.4 is 5.32 Å². The van der Waals surface area contributed by atoms with E-state index in [0.29, 0.717) is 12.5 Å². The normalized spacial score (nSPS) is 22.6. The summed E-state index contributed by atoms with van der Waals surface area (Å²) in [5.41, 5.74) is 1.26. The summed E-state index contributed by atoms with van der Waals surface area (Å²) in [4.78, 5) is 10.8. The first-order valence-corrected chi connectivity index (χ1v) is 6.83. The molecule has 1 saturated heterocycles. The topological polar surface area (TPSA) is 38.3 Å². The van der Waals surface area contributed by atoms with Crippen molar-refractivity contribution in [2.24, 2.45) is 0 Å². The van der Waals surface area contributed by atoms with Crippen LogP contribution in [0.1, 0.15) is 31.2 Å². The number of rotatable bonds is 6. The molecule has 0 radical (unpaired) electrons. The smallest absolute Gasteiger partial charge is 0.377 e. The summed E-state index contributed by atoms with van der Waals surface area (Å²) in [6.45, 7) is 3.11. The first-order chi connectivity index (χ1) is 9.49. The largest absolute Gasteiger partial charge is 0.456 e. The van der Waals surface area contributed by atoms with Gasteiger partial charge in [-0.25, -0.2) is 4.79 Å². The molecule has 1 N–H and O–H groups in total. The van der Waals surface area contributed by atoms with Crippen molar-refractivity contribution in [3.63, 3.8) is 0 Å². The fourth-order valence-corrected chi connectivity index (χ4v) is 2.29. The van der Waals surface area contributed by atoms with E-state index in [2.05, 4.69) is 29.1 Å². The average molecular weight is 283 g/mol. The molecule has 3 nitrogen and oxygen atoms in total. The molecule has 1 aliphatic heterocycles. The second kappa shape index (κ2) is 6.31. The Morgan fingerprint density at radius 3 is 2.70 bits per heavy atom. The molecule has 0 saturated carbocycles. The van der Waals surface area contributed by atoms with E-state index in [1.54, 1.807) is 0 Å². The van der Waals surface area contributed by atoms with Crippen molar-refractivity contribution < 1.29 is 18.3 Å². The molecule has 20 heavy (non-hydrogen) atoms. The molecular weight excluding hydrogens is 264 g/mol. The Kier molecular flexibility index (Phi) is 4.70. The first kappa shape index (κ1) is 14.9. The lowest BCUT2D eigenvalue weighted by atomic mass is 9.98. The van der Waals surface area contributed by atoms with Gasteiger partial charge in [-0.3, -0.25) is 0 Å². The molecule has 0 spiro atoms. The van der Waals surface area contributed by atoms with Crippen LogP contribution >= 0.6 is 0 Å². The monoisotopic (exact) mass is 283 g/mol. The number of carbonyl (C=O) groups excluding carboxylic acids is 1. The standard InChI is InChI=1S/C15H19F2NO2/c1-11(12-5-3-2-4-6-12)7-8-18-10-13-9-15(16,17)14(19)20-13/h2-6,11,13,18H,7-10H2,1H3. The lowest BCUT2D eigenvalue weighted by Crippen LogP contribution is -2.28. The third kappa shape index (κ3) is 3.76. The van der Waals surface area contributed by atoms with Gasteiger partial charge in [-0.1, -0.05) is 37.3 Å². The lowest BCUT2D eigenvalue weighted by molar-refractivity contribution is -0.159. The maximum atomic E-state index is 12.9. The Hall–Kier alpha value is -1.49. The highest BCUT2D eigenvalue weighted by atomic mass is 19.3. The predicted molar refractivity (Wildman–Crippen MR) is 71.8 cm³/mol. The summed E-state index contributed by atoms with van der Waals surface area (Å²) in [5, 5.41) is 3.08. The van der Waals surface area contributed by atoms with Crippen LogP contribution in [-0.2, 0) is 9.53 Å². The van der Waals surface area contributed by atoms with Crippen LogP contribution in [0.2, 0.25) is 0 Å². The van der Waals surface area contributed by atoms with E-state index in [-0.39, 0.29) is 6.54 Å². The number of nitrogens with one attached hydrogen (secondary N) is 1. The van der Waals surface area contributed by atoms with E-state index in [4.69, 9.17) is 0 Å². The van der Waals surface area contributed by atoms with Crippen LogP contribution in [0.4, 0.5) is 8.78 Å². The summed E-state index contributed by atoms with van der Waals surface area (Å²) in [7, 11) is 0. The van der Waals surface area contributed by atoms with Crippen LogP contribution in [0.5, 0.6) is 0 Å². The SMILES string of the molecule is CC(CCNCC1CC(F)(F)C(=O)O1)c1ccccc1. The van der Waals surface area contributed by atoms with Gasteiger partial charge < -0.3 is 10.1 Å². The zero-order valence-electron chi connectivity index (χ0n) is 11.4. The van der Waals surface area contributed by atoms with E-state index in [9.17, 15) is 13.6 Å². The molecule has 2 atom stereocenters. The number of ether oxygens (including phenoxy) is 1. The molecule has 2 unspecified atom stereocenters. The molecule has 1 fully saturated rings. The lowest BCUT2D eigenvalue weighted by Gasteiger charge is -2.14. The molecule has 0 aliphatic carbocycles. The summed E-state index contributed by atoms with van der Waals surface area (Å²) in [5.74, 6) is -4.32. The molecule has 2 rings (SSSR count). The zero-order valence-corrected chi connectivity index (χ0v) is 11.4. The summed E-state index contributed by atoms with van der Waals surface area (Å²) < 4.78 is 30.5. The predicted octanol–water partition coefficient (Wildman–Crippen LogP) is 2.72. The molecule has 1 aromatic carbocycles. The van der Waals surface area contributed by atoms with Gasteiger partial charge in [0.2, 0.25) is 0 Å². The van der Waals surface area contributed by atoms with Crippen LogP contribution in [0, 0.1) is 0 Å². The van der Waals surface area contributed by atoms with Crippen LogP contribution in [0.25, 0.3) is 0 Å². The number of carbonyl (C=O) groups is 1. The number of benzene rings is 1. The van der Waals surface area contributed by atoms with E-state index in [1.165, 1.54) is 5.56 Å². The molecular formula is C15H19F2NO2. The number of alkyl halides is 2. The van der Waals surface area contributed by atoms with Crippen LogP contribution in [0.15, 0.2) is 30.3 Å². The van der Waals surface area contributed by atoms with Crippen molar-refractivity contribution in [1.82, 2.24) is 5.32 Å². The summed E-state index contributed by atoms with van der Waals surface area (Å²) >= 11 is 0. The van der Waals surface area contributed by atoms with E-state index in [0.717, 1.165) is 6.42 Å². The van der Waals surface area contributed by atoms with Crippen LogP contribution in [-0.4, -0.2) is 31.1 Å². The van der Waals surface area contributed by atoms with Crippen molar-refractivity contribution >= 4 is 5.97 Å².